The van der Waals surface area contributed by atoms with Crippen molar-refractivity contribution in [2.75, 3.05) is 0 Å². The second-order valence-electron chi connectivity index (χ2n) is 7.24. The van der Waals surface area contributed by atoms with Gasteiger partial charge in [0.2, 0.25) is 5.88 Å². The molecule has 31 heavy (non-hydrogen) atoms. The average molecular weight is 428 g/mol. The number of rotatable bonds is 5. The topological polar surface area (TPSA) is 73.9 Å². The highest BCUT2D eigenvalue weighted by Gasteiger charge is 2.34. The van der Waals surface area contributed by atoms with E-state index in [1.165, 1.54) is 12.3 Å². The van der Waals surface area contributed by atoms with Gasteiger partial charge in [0.05, 0.1) is 11.1 Å². The number of pyridine rings is 2. The molecule has 0 fully saturated rings. The summed E-state index contributed by atoms with van der Waals surface area (Å²) in [6, 6.07) is 9.62. The van der Waals surface area contributed by atoms with Gasteiger partial charge in [0, 0.05) is 17.6 Å². The SMILES string of the molecule is CCC(C)c1cc(C(F)(F)F)c2nc(-c3nnc(Oc4ccccn4)o3)cc(C)c2c1. The van der Waals surface area contributed by atoms with E-state index in [-0.39, 0.29) is 35.0 Å². The maximum Gasteiger partial charge on any atom is 0.421 e. The van der Waals surface area contributed by atoms with E-state index < -0.39 is 11.7 Å². The second kappa shape index (κ2) is 7.98. The zero-order valence-corrected chi connectivity index (χ0v) is 17.1. The van der Waals surface area contributed by atoms with Crippen LogP contribution in [0, 0.1) is 6.92 Å². The van der Waals surface area contributed by atoms with Gasteiger partial charge < -0.3 is 9.15 Å². The number of aryl methyl sites for hydroxylation is 1. The molecule has 0 amide bonds. The Kier molecular flexibility index (Phi) is 5.34. The predicted octanol–water partition coefficient (Wildman–Crippen LogP) is 6.31. The van der Waals surface area contributed by atoms with Crippen LogP contribution in [-0.2, 0) is 6.18 Å². The summed E-state index contributed by atoms with van der Waals surface area (Å²) in [5.41, 5.74) is 0.453. The second-order valence-corrected chi connectivity index (χ2v) is 7.24. The molecule has 1 atom stereocenters. The number of benzene rings is 1. The van der Waals surface area contributed by atoms with E-state index in [9.17, 15) is 13.2 Å². The van der Waals surface area contributed by atoms with Crippen molar-refractivity contribution in [3.8, 4) is 23.5 Å². The molecule has 0 N–H and O–H groups in total. The van der Waals surface area contributed by atoms with Crippen LogP contribution in [0.15, 0.2) is 47.0 Å². The maximum atomic E-state index is 13.9. The van der Waals surface area contributed by atoms with Crippen molar-refractivity contribution in [2.24, 2.45) is 0 Å². The predicted molar refractivity (Wildman–Crippen MR) is 108 cm³/mol. The summed E-state index contributed by atoms with van der Waals surface area (Å²) in [5.74, 6) is 0.194. The van der Waals surface area contributed by atoms with Crippen LogP contribution in [0.1, 0.15) is 42.9 Å². The fourth-order valence-corrected chi connectivity index (χ4v) is 3.21. The smallest absolute Gasteiger partial charge is 0.391 e. The Bertz CT molecular complexity index is 1220. The van der Waals surface area contributed by atoms with Crippen LogP contribution in [0.3, 0.4) is 0 Å². The number of aromatic nitrogens is 4. The van der Waals surface area contributed by atoms with Crippen LogP contribution in [0.25, 0.3) is 22.5 Å². The minimum atomic E-state index is -4.55. The van der Waals surface area contributed by atoms with Crippen molar-refractivity contribution in [3.63, 3.8) is 0 Å². The number of halogens is 3. The number of fused-ring (bicyclic) bond motifs is 1. The summed E-state index contributed by atoms with van der Waals surface area (Å²) < 4.78 is 52.4. The summed E-state index contributed by atoms with van der Waals surface area (Å²) in [4.78, 5) is 8.22. The van der Waals surface area contributed by atoms with Crippen LogP contribution < -0.4 is 4.74 Å². The van der Waals surface area contributed by atoms with Crippen LogP contribution in [0.2, 0.25) is 0 Å². The van der Waals surface area contributed by atoms with E-state index in [2.05, 4.69) is 20.2 Å². The van der Waals surface area contributed by atoms with Gasteiger partial charge in [-0.3, -0.25) is 0 Å². The molecule has 3 heterocycles. The fraction of sp³-hybridized carbons (Fsp3) is 0.273. The monoisotopic (exact) mass is 428 g/mol. The Balaban J connectivity index is 1.80. The number of nitrogens with zero attached hydrogens (tertiary/aromatic N) is 4. The Hall–Kier alpha value is -3.49. The molecule has 4 aromatic rings. The third-order valence-electron chi connectivity index (χ3n) is 5.08. The number of hydrogen-bond donors (Lipinski definition) is 0. The Morgan fingerprint density at radius 2 is 1.94 bits per heavy atom. The summed E-state index contributed by atoms with van der Waals surface area (Å²) in [6.07, 6.45) is -2.47. The molecule has 9 heteroatoms. The van der Waals surface area contributed by atoms with Crippen LogP contribution in [-0.4, -0.2) is 20.2 Å². The quantitative estimate of drug-likeness (QED) is 0.371. The normalized spacial score (nSPS) is 12.8. The fourth-order valence-electron chi connectivity index (χ4n) is 3.21. The van der Waals surface area contributed by atoms with E-state index in [4.69, 9.17) is 9.15 Å². The molecule has 0 aliphatic rings. The highest BCUT2D eigenvalue weighted by molar-refractivity contribution is 5.88. The molecule has 6 nitrogen and oxygen atoms in total. The van der Waals surface area contributed by atoms with E-state index in [0.29, 0.717) is 16.5 Å². The maximum absolute atomic E-state index is 13.9. The zero-order valence-electron chi connectivity index (χ0n) is 17.1. The van der Waals surface area contributed by atoms with Gasteiger partial charge in [-0.2, -0.15) is 13.2 Å². The Morgan fingerprint density at radius 1 is 1.13 bits per heavy atom. The van der Waals surface area contributed by atoms with Gasteiger partial charge in [0.1, 0.15) is 5.69 Å². The van der Waals surface area contributed by atoms with Gasteiger partial charge in [0.15, 0.2) is 0 Å². The molecule has 0 bridgehead atoms. The summed E-state index contributed by atoms with van der Waals surface area (Å²) in [5, 5.41) is 8.09. The van der Waals surface area contributed by atoms with E-state index in [1.54, 1.807) is 37.3 Å². The molecule has 1 unspecified atom stereocenters. The van der Waals surface area contributed by atoms with Gasteiger partial charge in [0.25, 0.3) is 5.89 Å². The molecule has 4 rings (SSSR count). The molecular weight excluding hydrogens is 409 g/mol. The van der Waals surface area contributed by atoms with Crippen LogP contribution >= 0.6 is 0 Å². The molecule has 0 aliphatic heterocycles. The van der Waals surface area contributed by atoms with Crippen molar-refractivity contribution in [1.82, 2.24) is 20.2 Å². The first-order valence-corrected chi connectivity index (χ1v) is 9.71. The molecule has 1 aromatic carbocycles. The Morgan fingerprint density at radius 3 is 2.61 bits per heavy atom. The van der Waals surface area contributed by atoms with Crippen molar-refractivity contribution in [2.45, 2.75) is 39.3 Å². The highest BCUT2D eigenvalue weighted by Crippen LogP contribution is 2.39. The lowest BCUT2D eigenvalue weighted by atomic mass is 9.93. The largest absolute Gasteiger partial charge is 0.421 e. The van der Waals surface area contributed by atoms with E-state index in [1.807, 2.05) is 13.8 Å². The Labute approximate surface area is 176 Å². The van der Waals surface area contributed by atoms with Crippen molar-refractivity contribution >= 4 is 10.9 Å². The third-order valence-corrected chi connectivity index (χ3v) is 5.08. The first-order valence-electron chi connectivity index (χ1n) is 9.71. The van der Waals surface area contributed by atoms with Gasteiger partial charge in [-0.15, -0.1) is 5.10 Å². The number of alkyl halides is 3. The van der Waals surface area contributed by atoms with Crippen molar-refractivity contribution in [1.29, 1.82) is 0 Å². The lowest BCUT2D eigenvalue weighted by Gasteiger charge is -2.17. The van der Waals surface area contributed by atoms with Gasteiger partial charge in [-0.25, -0.2) is 9.97 Å². The molecule has 3 aromatic heterocycles. The van der Waals surface area contributed by atoms with E-state index in [0.717, 1.165) is 6.42 Å². The lowest BCUT2D eigenvalue weighted by molar-refractivity contribution is -0.136. The molecule has 0 saturated heterocycles. The van der Waals surface area contributed by atoms with Gasteiger partial charge >= 0.3 is 12.3 Å². The number of hydrogen-bond acceptors (Lipinski definition) is 6. The summed E-state index contributed by atoms with van der Waals surface area (Å²) >= 11 is 0. The highest BCUT2D eigenvalue weighted by atomic mass is 19.4. The minimum Gasteiger partial charge on any atom is -0.391 e. The lowest BCUT2D eigenvalue weighted by Crippen LogP contribution is -2.09. The van der Waals surface area contributed by atoms with Crippen molar-refractivity contribution in [3.05, 3.63) is 59.3 Å². The zero-order chi connectivity index (χ0) is 22.2. The minimum absolute atomic E-state index is 0.00757. The molecule has 0 spiro atoms. The molecular formula is C22H19F3N4O2. The first kappa shape index (κ1) is 20.8. The van der Waals surface area contributed by atoms with Crippen LogP contribution in [0.5, 0.6) is 12.0 Å². The van der Waals surface area contributed by atoms with Crippen molar-refractivity contribution < 1.29 is 22.3 Å². The first-order chi connectivity index (χ1) is 14.8. The standard InChI is InChI=1S/C22H19F3N4O2/c1-4-12(2)14-10-15-13(3)9-17(27-19(15)16(11-14)22(23,24)25)20-28-29-21(31-20)30-18-7-5-6-8-26-18/h5-12H,4H2,1-3H3. The third kappa shape index (κ3) is 4.21. The molecule has 0 radical (unpaired) electrons. The molecule has 0 saturated carbocycles. The van der Waals surface area contributed by atoms with Gasteiger partial charge in [-0.05, 0) is 54.7 Å². The summed E-state index contributed by atoms with van der Waals surface area (Å²) in [7, 11) is 0. The van der Waals surface area contributed by atoms with E-state index >= 15 is 0 Å². The molecule has 160 valence electrons. The average Bonchev–Trinajstić information content (AvgIpc) is 3.21. The molecule has 0 aliphatic carbocycles. The van der Waals surface area contributed by atoms with Gasteiger partial charge in [-0.1, -0.05) is 25.0 Å². The van der Waals surface area contributed by atoms with Crippen LogP contribution in [0.4, 0.5) is 13.2 Å². The number of ether oxygens (including phenoxy) is 1. The summed E-state index contributed by atoms with van der Waals surface area (Å²) in [6.45, 7) is 5.58.